The first-order valence-electron chi connectivity index (χ1n) is 6.35. The lowest BCUT2D eigenvalue weighted by Gasteiger charge is -2.26. The summed E-state index contributed by atoms with van der Waals surface area (Å²) in [5, 5.41) is 11.6. The number of nitrogens with zero attached hydrogens (tertiary/aromatic N) is 3. The van der Waals surface area contributed by atoms with Gasteiger partial charge in [-0.25, -0.2) is 0 Å². The second-order valence-corrected chi connectivity index (χ2v) is 4.51. The lowest BCUT2D eigenvalue weighted by atomic mass is 10.0. The van der Waals surface area contributed by atoms with Gasteiger partial charge in [-0.3, -0.25) is 9.59 Å². The highest BCUT2D eigenvalue weighted by Crippen LogP contribution is 2.11. The summed E-state index contributed by atoms with van der Waals surface area (Å²) in [6.45, 7) is 4.10. The zero-order valence-corrected chi connectivity index (χ0v) is 12.1. The molecule has 0 aromatic heterocycles. The second-order valence-electron chi connectivity index (χ2n) is 4.51. The Kier molecular flexibility index (Phi) is 7.55. The van der Waals surface area contributed by atoms with Crippen molar-refractivity contribution in [3.8, 4) is 0 Å². The fraction of sp³-hybridized carbons (Fsp3) is 0.750. The molecule has 7 heteroatoms. The van der Waals surface area contributed by atoms with Crippen LogP contribution in [0.3, 0.4) is 0 Å². The summed E-state index contributed by atoms with van der Waals surface area (Å²) in [6, 6.07) is 0. The molecule has 0 heterocycles. The van der Waals surface area contributed by atoms with E-state index in [0.29, 0.717) is 13.0 Å². The maximum atomic E-state index is 12.3. The summed E-state index contributed by atoms with van der Waals surface area (Å²) >= 11 is 0. The molecule has 0 aromatic carbocycles. The first-order chi connectivity index (χ1) is 8.88. The second kappa shape index (κ2) is 8.34. The summed E-state index contributed by atoms with van der Waals surface area (Å²) < 4.78 is 0. The molecule has 0 fully saturated rings. The van der Waals surface area contributed by atoms with Gasteiger partial charge < -0.3 is 20.7 Å². The van der Waals surface area contributed by atoms with Crippen molar-refractivity contribution in [2.75, 3.05) is 27.2 Å². The summed E-state index contributed by atoms with van der Waals surface area (Å²) in [7, 11) is 3.27. The Labute approximate surface area is 114 Å². The van der Waals surface area contributed by atoms with Crippen LogP contribution < -0.4 is 5.73 Å². The maximum absolute atomic E-state index is 12.3. The largest absolute Gasteiger partial charge is 0.409 e. The molecule has 0 aliphatic heterocycles. The van der Waals surface area contributed by atoms with Crippen molar-refractivity contribution in [2.24, 2.45) is 16.8 Å². The number of rotatable bonds is 7. The van der Waals surface area contributed by atoms with Gasteiger partial charge in [-0.15, -0.1) is 0 Å². The first kappa shape index (κ1) is 17.2. The predicted octanol–water partition coefficient (Wildman–Crippen LogP) is 0.0858. The molecule has 0 aliphatic carbocycles. The molecule has 7 nitrogen and oxygen atoms in total. The minimum Gasteiger partial charge on any atom is -0.409 e. The van der Waals surface area contributed by atoms with Crippen molar-refractivity contribution >= 4 is 17.6 Å². The molecule has 3 N–H and O–H groups in total. The van der Waals surface area contributed by atoms with Crippen LogP contribution in [0.25, 0.3) is 0 Å². The van der Waals surface area contributed by atoms with Crippen LogP contribution in [0.15, 0.2) is 5.16 Å². The summed E-state index contributed by atoms with van der Waals surface area (Å²) in [4.78, 5) is 26.8. The van der Waals surface area contributed by atoms with Gasteiger partial charge in [0.25, 0.3) is 0 Å². The third-order valence-corrected chi connectivity index (χ3v) is 2.87. The molecule has 0 bridgehead atoms. The van der Waals surface area contributed by atoms with Crippen molar-refractivity contribution in [3.05, 3.63) is 0 Å². The zero-order chi connectivity index (χ0) is 15.0. The van der Waals surface area contributed by atoms with E-state index >= 15 is 0 Å². The highest BCUT2D eigenvalue weighted by Gasteiger charge is 2.28. The number of amides is 2. The highest BCUT2D eigenvalue weighted by molar-refractivity contribution is 6.02. The van der Waals surface area contributed by atoms with Gasteiger partial charge >= 0.3 is 0 Å². The topological polar surface area (TPSA) is 99.2 Å². The lowest BCUT2D eigenvalue weighted by molar-refractivity contribution is -0.140. The van der Waals surface area contributed by atoms with Crippen LogP contribution in [0, 0.1) is 5.92 Å². The molecule has 19 heavy (non-hydrogen) atoms. The van der Waals surface area contributed by atoms with E-state index in [1.807, 2.05) is 6.92 Å². The number of hydrogen-bond acceptors (Lipinski definition) is 4. The van der Waals surface area contributed by atoms with Crippen molar-refractivity contribution < 1.29 is 14.8 Å². The average Bonchev–Trinajstić information content (AvgIpc) is 2.39. The minimum absolute atomic E-state index is 0.00125. The van der Waals surface area contributed by atoms with E-state index in [-0.39, 0.29) is 24.2 Å². The van der Waals surface area contributed by atoms with Gasteiger partial charge in [-0.2, -0.15) is 0 Å². The molecule has 0 radical (unpaired) electrons. The Balaban J connectivity index is 4.92. The molecule has 0 spiro atoms. The maximum Gasteiger partial charge on any atom is 0.241 e. The fourth-order valence-corrected chi connectivity index (χ4v) is 1.63. The monoisotopic (exact) mass is 272 g/mol. The molecular formula is C12H24N4O3. The molecular weight excluding hydrogens is 248 g/mol. The Morgan fingerprint density at radius 1 is 1.32 bits per heavy atom. The average molecular weight is 272 g/mol. The summed E-state index contributed by atoms with van der Waals surface area (Å²) in [5.74, 6) is -1.23. The smallest absolute Gasteiger partial charge is 0.241 e. The number of amidine groups is 1. The van der Waals surface area contributed by atoms with E-state index in [4.69, 9.17) is 10.9 Å². The van der Waals surface area contributed by atoms with Gasteiger partial charge in [0.05, 0.1) is 12.5 Å². The van der Waals surface area contributed by atoms with E-state index in [9.17, 15) is 9.59 Å². The Hall–Kier alpha value is -1.79. The Morgan fingerprint density at radius 3 is 2.26 bits per heavy atom. The normalized spacial score (nSPS) is 12.9. The quantitative estimate of drug-likeness (QED) is 0.297. The van der Waals surface area contributed by atoms with Gasteiger partial charge in [-0.05, 0) is 13.3 Å². The van der Waals surface area contributed by atoms with Gasteiger partial charge in [0.2, 0.25) is 11.8 Å². The standard InChI is InChI=1S/C12H24N4O3/c1-5-7-9(11(13)14-19)12(18)16(6-2)8-10(17)15(3)4/h9,19H,5-8H2,1-4H3,(H2,13,14). The molecule has 110 valence electrons. The van der Waals surface area contributed by atoms with Crippen LogP contribution in [0.2, 0.25) is 0 Å². The number of hydrogen-bond donors (Lipinski definition) is 2. The number of likely N-dealkylation sites (N-methyl/N-ethyl adjacent to an activating group) is 2. The number of oxime groups is 1. The van der Waals surface area contributed by atoms with Gasteiger partial charge in [0.15, 0.2) is 5.84 Å². The molecule has 1 atom stereocenters. The number of carbonyl (C=O) groups is 2. The van der Waals surface area contributed by atoms with Crippen LogP contribution in [0.5, 0.6) is 0 Å². The first-order valence-corrected chi connectivity index (χ1v) is 6.35. The SMILES string of the molecule is CCCC(C(=O)N(CC)CC(=O)N(C)C)C(N)=NO. The van der Waals surface area contributed by atoms with Crippen LogP contribution in [-0.2, 0) is 9.59 Å². The molecule has 0 rings (SSSR count). The van der Waals surface area contributed by atoms with Crippen molar-refractivity contribution in [2.45, 2.75) is 26.7 Å². The third-order valence-electron chi connectivity index (χ3n) is 2.87. The van der Waals surface area contributed by atoms with E-state index < -0.39 is 5.92 Å². The zero-order valence-electron chi connectivity index (χ0n) is 12.1. The Bertz CT molecular complexity index is 342. The van der Waals surface area contributed by atoms with E-state index in [1.165, 1.54) is 9.80 Å². The summed E-state index contributed by atoms with van der Waals surface area (Å²) in [6.07, 6.45) is 1.22. The van der Waals surface area contributed by atoms with E-state index in [0.717, 1.165) is 6.42 Å². The van der Waals surface area contributed by atoms with Crippen molar-refractivity contribution in [3.63, 3.8) is 0 Å². The highest BCUT2D eigenvalue weighted by atomic mass is 16.4. The molecule has 2 amide bonds. The van der Waals surface area contributed by atoms with Crippen LogP contribution in [0.4, 0.5) is 0 Å². The van der Waals surface area contributed by atoms with Crippen LogP contribution >= 0.6 is 0 Å². The van der Waals surface area contributed by atoms with E-state index in [2.05, 4.69) is 5.16 Å². The molecule has 0 saturated heterocycles. The van der Waals surface area contributed by atoms with E-state index in [1.54, 1.807) is 21.0 Å². The third kappa shape index (κ3) is 5.15. The van der Waals surface area contributed by atoms with Crippen LogP contribution in [0.1, 0.15) is 26.7 Å². The van der Waals surface area contributed by atoms with Crippen LogP contribution in [-0.4, -0.2) is 59.8 Å². The fourth-order valence-electron chi connectivity index (χ4n) is 1.63. The van der Waals surface area contributed by atoms with Gasteiger partial charge in [0.1, 0.15) is 0 Å². The molecule has 0 aliphatic rings. The van der Waals surface area contributed by atoms with Gasteiger partial charge in [0, 0.05) is 20.6 Å². The molecule has 0 aromatic rings. The lowest BCUT2D eigenvalue weighted by Crippen LogP contribution is -2.46. The predicted molar refractivity (Wildman–Crippen MR) is 72.8 cm³/mol. The number of nitrogens with two attached hydrogens (primary N) is 1. The molecule has 0 saturated carbocycles. The number of carbonyl (C=O) groups excluding carboxylic acids is 2. The minimum atomic E-state index is -0.676. The van der Waals surface area contributed by atoms with Crippen molar-refractivity contribution in [1.82, 2.24) is 9.80 Å². The van der Waals surface area contributed by atoms with Gasteiger partial charge in [-0.1, -0.05) is 18.5 Å². The Morgan fingerprint density at radius 2 is 1.89 bits per heavy atom. The summed E-state index contributed by atoms with van der Waals surface area (Å²) in [5.41, 5.74) is 5.54. The molecule has 1 unspecified atom stereocenters. The van der Waals surface area contributed by atoms with Crippen molar-refractivity contribution in [1.29, 1.82) is 0 Å².